The van der Waals surface area contributed by atoms with Crippen molar-refractivity contribution in [3.8, 4) is 5.75 Å². The molecule has 8 N–H and O–H groups in total. The molecule has 2 aromatic rings. The SMILES string of the molecule is CCOCCOCCOCCC(=O)CCCc1ccc(O)c(N=Nc2ccc(C(=O)NCCCC3CN([C@@H]4OCC(O[P+](=O)O)[C@@H]4O)C(=O)N=C3N)cc2)c1.O=[P+](O)O. The number of aryl methyl sites for hydroxylation is 1. The average Bonchev–Trinajstić information content (AvgIpc) is 3.54. The lowest BCUT2D eigenvalue weighted by Gasteiger charge is -2.34. The number of phenols is 1. The number of ketones is 1. The molecule has 23 heteroatoms. The number of aliphatic hydroxyl groups is 1. The largest absolute Gasteiger partial charge is 0.695 e. The molecule has 0 aliphatic carbocycles. The Morgan fingerprint density at radius 3 is 2.34 bits per heavy atom. The number of Topliss-reactive ketones (excluding diaryl/α,β-unsaturated/α-hetero) is 1. The van der Waals surface area contributed by atoms with E-state index in [1.807, 2.05) is 6.92 Å². The maximum atomic E-state index is 12.8. The summed E-state index contributed by atoms with van der Waals surface area (Å²) >= 11 is 0. The summed E-state index contributed by atoms with van der Waals surface area (Å²) in [6.07, 6.45) is -0.532. The van der Waals surface area contributed by atoms with Crippen LogP contribution in [0.1, 0.15) is 54.9 Å². The van der Waals surface area contributed by atoms with Gasteiger partial charge in [0.05, 0.1) is 45.3 Å². The van der Waals surface area contributed by atoms with Gasteiger partial charge < -0.3 is 40.2 Å². The van der Waals surface area contributed by atoms with E-state index in [9.17, 15) is 29.2 Å². The number of hydrogen-bond acceptors (Lipinski definition) is 15. The highest BCUT2D eigenvalue weighted by molar-refractivity contribution is 7.32. The summed E-state index contributed by atoms with van der Waals surface area (Å²) in [6, 6.07) is 10.8. The number of aliphatic hydroxyl groups excluding tert-OH is 1. The van der Waals surface area contributed by atoms with Gasteiger partial charge in [-0.05, 0) is 74.6 Å². The standard InChI is InChI=1S/C36H49N6O12P.HO3P/c1-2-50-17-18-52-20-19-51-16-14-28(43)7-3-5-24-8-13-30(44)29(21-24)41-40-27-11-9-25(10-12-27)34(46)38-15-4-6-26-22-42(36(47)39-33(26)37)35-32(45)31(23-53-35)54-55(48)49;1-4(2)3/h8-13,21,26,31-32,35,45H,2-7,14-20,22-23H2,1H3,(H4-,37,38,39,40,44,46,47,48,49);(H-,1,2,3)/p+2/t26?,31?,32-,35+;/m0./s1. The molecule has 3 amide bonds. The van der Waals surface area contributed by atoms with Crippen LogP contribution in [0, 0.1) is 5.92 Å². The molecule has 0 aromatic heterocycles. The van der Waals surface area contributed by atoms with E-state index in [1.54, 1.807) is 42.5 Å². The summed E-state index contributed by atoms with van der Waals surface area (Å²) in [5.41, 5.74) is 8.07. The van der Waals surface area contributed by atoms with Crippen molar-refractivity contribution < 1.29 is 71.9 Å². The van der Waals surface area contributed by atoms with Crippen molar-refractivity contribution in [2.45, 2.75) is 63.9 Å². The molecule has 5 atom stereocenters. The van der Waals surface area contributed by atoms with Crippen molar-refractivity contribution >= 4 is 51.4 Å². The fourth-order valence-corrected chi connectivity index (χ4v) is 6.23. The first-order chi connectivity index (χ1) is 28.3. The normalized spacial score (nSPS) is 19.3. The summed E-state index contributed by atoms with van der Waals surface area (Å²) in [5.74, 6) is -0.463. The Balaban J connectivity index is 0.00000222. The number of amidine groups is 1. The first-order valence-electron chi connectivity index (χ1n) is 18.8. The second-order valence-electron chi connectivity index (χ2n) is 13.0. The third kappa shape index (κ3) is 18.3. The zero-order valence-electron chi connectivity index (χ0n) is 32.5. The van der Waals surface area contributed by atoms with Crippen molar-refractivity contribution in [1.29, 1.82) is 0 Å². The summed E-state index contributed by atoms with van der Waals surface area (Å²) in [6.45, 7) is 5.12. The fourth-order valence-electron chi connectivity index (χ4n) is 5.82. The van der Waals surface area contributed by atoms with Gasteiger partial charge >= 0.3 is 22.5 Å². The molecular weight excluding hydrogens is 818 g/mol. The molecule has 324 valence electrons. The van der Waals surface area contributed by atoms with Crippen LogP contribution in [0.15, 0.2) is 57.7 Å². The van der Waals surface area contributed by atoms with Crippen LogP contribution in [-0.4, -0.2) is 131 Å². The number of nitrogens with one attached hydrogen (secondary N) is 1. The molecule has 4 rings (SSSR count). The molecule has 2 heterocycles. The Morgan fingerprint density at radius 2 is 1.66 bits per heavy atom. The number of nitrogens with two attached hydrogens (primary N) is 1. The highest BCUT2D eigenvalue weighted by Crippen LogP contribution is 2.31. The zero-order valence-corrected chi connectivity index (χ0v) is 34.3. The minimum atomic E-state index is -2.96. The van der Waals surface area contributed by atoms with Crippen LogP contribution in [0.5, 0.6) is 5.75 Å². The number of aliphatic imine (C=N–C) groups is 1. The number of nitrogens with zero attached hydrogens (tertiary/aromatic N) is 4. The maximum absolute atomic E-state index is 12.8. The van der Waals surface area contributed by atoms with E-state index in [2.05, 4.69) is 20.5 Å². The summed E-state index contributed by atoms with van der Waals surface area (Å²) in [5, 5.41) is 32.0. The number of carbonyl (C=O) groups is 3. The van der Waals surface area contributed by atoms with E-state index in [0.717, 1.165) is 5.56 Å². The Labute approximate surface area is 342 Å². The van der Waals surface area contributed by atoms with Gasteiger partial charge in [0.2, 0.25) is 0 Å². The molecular formula is C36H52N6O15P2+2. The van der Waals surface area contributed by atoms with Crippen LogP contribution >= 0.6 is 16.5 Å². The molecule has 21 nitrogen and oxygen atoms in total. The number of amides is 3. The highest BCUT2D eigenvalue weighted by Gasteiger charge is 2.47. The van der Waals surface area contributed by atoms with Crippen molar-refractivity contribution in [2.24, 2.45) is 26.9 Å². The minimum Gasteiger partial charge on any atom is -0.506 e. The summed E-state index contributed by atoms with van der Waals surface area (Å²) in [4.78, 5) is 65.8. The fraction of sp³-hybridized carbons (Fsp3) is 0.556. The van der Waals surface area contributed by atoms with Gasteiger partial charge in [-0.25, -0.2) is 4.79 Å². The van der Waals surface area contributed by atoms with Crippen molar-refractivity contribution in [3.63, 3.8) is 0 Å². The minimum absolute atomic E-state index is 0.0379. The van der Waals surface area contributed by atoms with Crippen LogP contribution in [-0.2, 0) is 43.8 Å². The molecule has 2 aliphatic heterocycles. The quantitative estimate of drug-likeness (QED) is 0.0451. The molecule has 0 bridgehead atoms. The number of benzene rings is 2. The second kappa shape index (κ2) is 26.8. The monoisotopic (exact) mass is 870 g/mol. The molecule has 1 fully saturated rings. The van der Waals surface area contributed by atoms with E-state index >= 15 is 0 Å². The van der Waals surface area contributed by atoms with E-state index in [4.69, 9.17) is 48.5 Å². The number of aromatic hydroxyl groups is 1. The lowest BCUT2D eigenvalue weighted by atomic mass is 9.99. The number of hydrogen-bond donors (Lipinski definition) is 7. The van der Waals surface area contributed by atoms with Gasteiger partial charge in [-0.2, -0.15) is 10.1 Å². The Bertz CT molecular complexity index is 1750. The zero-order chi connectivity index (χ0) is 43.2. The van der Waals surface area contributed by atoms with Crippen molar-refractivity contribution in [3.05, 3.63) is 53.6 Å². The molecule has 3 unspecified atom stereocenters. The maximum Gasteiger partial charge on any atom is 0.695 e. The number of ether oxygens (including phenoxy) is 4. The predicted octanol–water partition coefficient (Wildman–Crippen LogP) is 3.46. The van der Waals surface area contributed by atoms with Gasteiger partial charge in [0, 0.05) is 53.1 Å². The molecule has 0 spiro atoms. The predicted molar refractivity (Wildman–Crippen MR) is 211 cm³/mol. The van der Waals surface area contributed by atoms with Gasteiger partial charge in [0.1, 0.15) is 29.2 Å². The van der Waals surface area contributed by atoms with Gasteiger partial charge in [-0.1, -0.05) is 6.07 Å². The van der Waals surface area contributed by atoms with Crippen LogP contribution < -0.4 is 11.1 Å². The van der Waals surface area contributed by atoms with E-state index in [0.29, 0.717) is 96.0 Å². The van der Waals surface area contributed by atoms with Crippen LogP contribution in [0.3, 0.4) is 0 Å². The van der Waals surface area contributed by atoms with Crippen LogP contribution in [0.25, 0.3) is 0 Å². The molecule has 0 saturated carbocycles. The van der Waals surface area contributed by atoms with Crippen LogP contribution in [0.2, 0.25) is 0 Å². The highest BCUT2D eigenvalue weighted by atomic mass is 31.1. The Kier molecular flexibility index (Phi) is 22.3. The number of azo groups is 1. The van der Waals surface area contributed by atoms with Crippen molar-refractivity contribution in [2.75, 3.05) is 59.3 Å². The lowest BCUT2D eigenvalue weighted by molar-refractivity contribution is -0.120. The van der Waals surface area contributed by atoms with Crippen LogP contribution in [0.4, 0.5) is 16.2 Å². The van der Waals surface area contributed by atoms with Crippen molar-refractivity contribution in [1.82, 2.24) is 10.2 Å². The van der Waals surface area contributed by atoms with Gasteiger partial charge in [0.25, 0.3) is 5.91 Å². The van der Waals surface area contributed by atoms with Gasteiger partial charge in [-0.15, -0.1) is 24.3 Å². The van der Waals surface area contributed by atoms with Gasteiger partial charge in [0.15, 0.2) is 12.3 Å². The number of carbonyl (C=O) groups excluding carboxylic acids is 3. The third-order valence-electron chi connectivity index (χ3n) is 8.79. The Hall–Kier alpha value is -4.24. The van der Waals surface area contributed by atoms with E-state index in [1.165, 1.54) is 4.90 Å². The second-order valence-corrected chi connectivity index (χ2v) is 14.2. The van der Waals surface area contributed by atoms with E-state index < -0.39 is 41.0 Å². The number of rotatable bonds is 24. The lowest BCUT2D eigenvalue weighted by Crippen LogP contribution is -2.53. The van der Waals surface area contributed by atoms with Gasteiger partial charge in [-0.3, -0.25) is 14.5 Å². The first kappa shape index (κ1) is 49.1. The topological polar surface area (TPSA) is 311 Å². The Morgan fingerprint density at radius 1 is 0.983 bits per heavy atom. The number of urea groups is 1. The summed E-state index contributed by atoms with van der Waals surface area (Å²) in [7, 11) is -5.83. The molecule has 2 aliphatic rings. The third-order valence-corrected chi connectivity index (χ3v) is 9.25. The molecule has 59 heavy (non-hydrogen) atoms. The number of phenolic OH excluding ortho intramolecular Hbond substituents is 1. The molecule has 1 saturated heterocycles. The molecule has 0 radical (unpaired) electrons. The average molecular weight is 871 g/mol. The summed E-state index contributed by atoms with van der Waals surface area (Å²) < 4.78 is 46.0. The van der Waals surface area contributed by atoms with E-state index in [-0.39, 0.29) is 48.0 Å². The molecule has 2 aromatic carbocycles. The smallest absolute Gasteiger partial charge is 0.506 e. The first-order valence-corrected chi connectivity index (χ1v) is 21.1.